The predicted octanol–water partition coefficient (Wildman–Crippen LogP) is 3.32. The van der Waals surface area contributed by atoms with Gasteiger partial charge in [-0.2, -0.15) is 5.26 Å². The van der Waals surface area contributed by atoms with Crippen molar-refractivity contribution in [1.82, 2.24) is 0 Å². The molecule has 2 rings (SSSR count). The lowest BCUT2D eigenvalue weighted by Gasteiger charge is -2.05. The van der Waals surface area contributed by atoms with E-state index in [4.69, 9.17) is 10.4 Å². The van der Waals surface area contributed by atoms with E-state index in [1.165, 1.54) is 36.0 Å². The highest BCUT2D eigenvalue weighted by Crippen LogP contribution is 2.31. The second-order valence-corrected chi connectivity index (χ2v) is 5.10. The van der Waals surface area contributed by atoms with E-state index in [1.807, 2.05) is 6.07 Å². The van der Waals surface area contributed by atoms with Gasteiger partial charge in [-0.3, -0.25) is 10.1 Å². The molecule has 0 spiro atoms. The zero-order chi connectivity index (χ0) is 15.4. The summed E-state index contributed by atoms with van der Waals surface area (Å²) in [5, 5.41) is 28.5. The number of carboxylic acid groups (broad SMARTS) is 1. The number of carboxylic acids is 1. The molecule has 21 heavy (non-hydrogen) atoms. The Balaban J connectivity index is 2.29. The highest BCUT2D eigenvalue weighted by atomic mass is 32.2. The van der Waals surface area contributed by atoms with Crippen molar-refractivity contribution >= 4 is 23.4 Å². The summed E-state index contributed by atoms with van der Waals surface area (Å²) >= 11 is 1.24. The molecule has 0 radical (unpaired) electrons. The van der Waals surface area contributed by atoms with Gasteiger partial charge >= 0.3 is 5.97 Å². The van der Waals surface area contributed by atoms with Gasteiger partial charge in [0.05, 0.1) is 16.1 Å². The van der Waals surface area contributed by atoms with E-state index < -0.39 is 10.9 Å². The lowest BCUT2D eigenvalue weighted by atomic mass is 10.1. The molecule has 0 saturated heterocycles. The van der Waals surface area contributed by atoms with Crippen LogP contribution in [0.5, 0.6) is 0 Å². The molecular formula is C14H8N2O4S. The van der Waals surface area contributed by atoms with Gasteiger partial charge in [-0.25, -0.2) is 4.79 Å². The highest BCUT2D eigenvalue weighted by Gasteiger charge is 2.10. The highest BCUT2D eigenvalue weighted by molar-refractivity contribution is 7.99. The van der Waals surface area contributed by atoms with E-state index in [-0.39, 0.29) is 16.8 Å². The predicted molar refractivity (Wildman–Crippen MR) is 75.3 cm³/mol. The molecule has 0 atom stereocenters. The van der Waals surface area contributed by atoms with Gasteiger partial charge in [-0.1, -0.05) is 11.8 Å². The van der Waals surface area contributed by atoms with Gasteiger partial charge in [0.2, 0.25) is 0 Å². The van der Waals surface area contributed by atoms with Crippen LogP contribution in [0.1, 0.15) is 15.9 Å². The van der Waals surface area contributed by atoms with Crippen molar-refractivity contribution in [2.45, 2.75) is 9.79 Å². The fourth-order valence-electron chi connectivity index (χ4n) is 1.60. The Morgan fingerprint density at radius 1 is 1.24 bits per heavy atom. The van der Waals surface area contributed by atoms with Crippen LogP contribution in [0.2, 0.25) is 0 Å². The third-order valence-corrected chi connectivity index (χ3v) is 3.71. The number of aromatic carboxylic acids is 1. The first-order chi connectivity index (χ1) is 10.0. The quantitative estimate of drug-likeness (QED) is 0.686. The van der Waals surface area contributed by atoms with Crippen LogP contribution >= 0.6 is 11.8 Å². The van der Waals surface area contributed by atoms with Crippen molar-refractivity contribution < 1.29 is 14.8 Å². The number of benzene rings is 2. The maximum atomic E-state index is 10.9. The molecule has 1 N–H and O–H groups in total. The first-order valence-corrected chi connectivity index (χ1v) is 6.52. The molecule has 2 aromatic rings. The molecule has 2 aromatic carbocycles. The van der Waals surface area contributed by atoms with Crippen molar-refractivity contribution in [1.29, 1.82) is 5.26 Å². The monoisotopic (exact) mass is 300 g/mol. The van der Waals surface area contributed by atoms with Crippen molar-refractivity contribution in [2.24, 2.45) is 0 Å². The minimum Gasteiger partial charge on any atom is -0.478 e. The molecule has 104 valence electrons. The van der Waals surface area contributed by atoms with E-state index in [1.54, 1.807) is 18.2 Å². The van der Waals surface area contributed by atoms with Crippen LogP contribution in [0.4, 0.5) is 5.69 Å². The molecule has 0 aliphatic rings. The van der Waals surface area contributed by atoms with Crippen molar-refractivity contribution in [2.75, 3.05) is 0 Å². The number of hydrogen-bond donors (Lipinski definition) is 1. The molecular weight excluding hydrogens is 292 g/mol. The molecule has 0 heterocycles. The molecule has 0 unspecified atom stereocenters. The van der Waals surface area contributed by atoms with Gasteiger partial charge in [0, 0.05) is 21.9 Å². The van der Waals surface area contributed by atoms with Gasteiger partial charge in [0.15, 0.2) is 0 Å². The maximum Gasteiger partial charge on any atom is 0.335 e. The maximum absolute atomic E-state index is 10.9. The minimum atomic E-state index is -1.10. The largest absolute Gasteiger partial charge is 0.478 e. The standard InChI is InChI=1S/C14H8N2O4S/c15-8-10-7-9(14(17)18)1-6-13(10)21-12-4-2-11(3-5-12)16(19)20/h1-7H,(H,17,18). The van der Waals surface area contributed by atoms with E-state index in [0.717, 1.165) is 4.90 Å². The number of non-ortho nitro benzene ring substituents is 1. The Morgan fingerprint density at radius 2 is 1.90 bits per heavy atom. The van der Waals surface area contributed by atoms with E-state index in [0.29, 0.717) is 4.90 Å². The first kappa shape index (κ1) is 14.6. The van der Waals surface area contributed by atoms with E-state index in [2.05, 4.69) is 0 Å². The summed E-state index contributed by atoms with van der Waals surface area (Å²) in [4.78, 5) is 22.3. The fraction of sp³-hybridized carbons (Fsp3) is 0. The Kier molecular flexibility index (Phi) is 4.21. The number of hydrogen-bond acceptors (Lipinski definition) is 5. The third kappa shape index (κ3) is 3.38. The molecule has 0 fully saturated rings. The summed E-state index contributed by atoms with van der Waals surface area (Å²) in [6, 6.07) is 12.1. The van der Waals surface area contributed by atoms with Crippen LogP contribution in [0.15, 0.2) is 52.3 Å². The lowest BCUT2D eigenvalue weighted by molar-refractivity contribution is -0.384. The number of nitrogens with zero attached hydrogens (tertiary/aromatic N) is 2. The third-order valence-electron chi connectivity index (χ3n) is 2.62. The number of nitro groups is 1. The number of nitriles is 1. The zero-order valence-electron chi connectivity index (χ0n) is 10.5. The van der Waals surface area contributed by atoms with Gasteiger partial charge < -0.3 is 5.11 Å². The Bertz CT molecular complexity index is 751. The number of nitro benzene ring substituents is 1. The summed E-state index contributed by atoms with van der Waals surface area (Å²) in [7, 11) is 0. The number of carbonyl (C=O) groups is 1. The number of rotatable bonds is 4. The summed E-state index contributed by atoms with van der Waals surface area (Å²) in [6.07, 6.45) is 0. The van der Waals surface area contributed by atoms with Gasteiger partial charge in [0.25, 0.3) is 5.69 Å². The molecule has 0 aliphatic carbocycles. The molecule has 0 bridgehead atoms. The Labute approximate surface area is 123 Å². The smallest absolute Gasteiger partial charge is 0.335 e. The molecule has 0 aromatic heterocycles. The van der Waals surface area contributed by atoms with E-state index in [9.17, 15) is 14.9 Å². The summed E-state index contributed by atoms with van der Waals surface area (Å²) < 4.78 is 0. The van der Waals surface area contributed by atoms with Crippen LogP contribution in [0, 0.1) is 21.4 Å². The fourth-order valence-corrected chi connectivity index (χ4v) is 2.48. The average molecular weight is 300 g/mol. The van der Waals surface area contributed by atoms with Crippen molar-refractivity contribution in [3.63, 3.8) is 0 Å². The van der Waals surface area contributed by atoms with Crippen LogP contribution in [0.25, 0.3) is 0 Å². The molecule has 0 amide bonds. The molecule has 6 nitrogen and oxygen atoms in total. The minimum absolute atomic E-state index is 0.0129. The van der Waals surface area contributed by atoms with Crippen LogP contribution in [-0.4, -0.2) is 16.0 Å². The van der Waals surface area contributed by atoms with Gasteiger partial charge in [-0.15, -0.1) is 0 Å². The van der Waals surface area contributed by atoms with Gasteiger partial charge in [-0.05, 0) is 30.3 Å². The first-order valence-electron chi connectivity index (χ1n) is 5.71. The second-order valence-electron chi connectivity index (χ2n) is 3.98. The summed E-state index contributed by atoms with van der Waals surface area (Å²) in [5.74, 6) is -1.10. The van der Waals surface area contributed by atoms with Gasteiger partial charge in [0.1, 0.15) is 6.07 Å². The summed E-state index contributed by atoms with van der Waals surface area (Å²) in [5.41, 5.74) is 0.277. The van der Waals surface area contributed by atoms with Crippen LogP contribution in [0.3, 0.4) is 0 Å². The second kappa shape index (κ2) is 6.07. The SMILES string of the molecule is N#Cc1cc(C(=O)O)ccc1Sc1ccc([N+](=O)[O-])cc1. The van der Waals surface area contributed by atoms with Crippen LogP contribution in [-0.2, 0) is 0 Å². The Hall–Kier alpha value is -2.85. The zero-order valence-corrected chi connectivity index (χ0v) is 11.3. The summed E-state index contributed by atoms with van der Waals surface area (Å²) in [6.45, 7) is 0. The van der Waals surface area contributed by atoms with Crippen molar-refractivity contribution in [3.8, 4) is 6.07 Å². The molecule has 0 aliphatic heterocycles. The lowest BCUT2D eigenvalue weighted by Crippen LogP contribution is -1.97. The van der Waals surface area contributed by atoms with E-state index >= 15 is 0 Å². The van der Waals surface area contributed by atoms with Crippen LogP contribution < -0.4 is 0 Å². The molecule has 7 heteroatoms. The van der Waals surface area contributed by atoms with Crippen molar-refractivity contribution in [3.05, 3.63) is 63.7 Å². The Morgan fingerprint density at radius 3 is 2.43 bits per heavy atom. The molecule has 0 saturated carbocycles. The average Bonchev–Trinajstić information content (AvgIpc) is 2.48. The topological polar surface area (TPSA) is 104 Å². The normalized spacial score (nSPS) is 9.86.